The van der Waals surface area contributed by atoms with Gasteiger partial charge >= 0.3 is 0 Å². The molecule has 0 aliphatic heterocycles. The summed E-state index contributed by atoms with van der Waals surface area (Å²) in [7, 11) is 3.19. The standard InChI is InChI=1S/C15H20N4O3S/c1-4-19(14(20)9-23-15-16-10-17-18-15)8-11-5-6-12(21-2)13(7-11)22-3/h5-7,10H,4,8-9H2,1-3H3,(H,16,17,18). The highest BCUT2D eigenvalue weighted by atomic mass is 32.2. The molecule has 7 nitrogen and oxygen atoms in total. The van der Waals surface area contributed by atoms with Crippen molar-refractivity contribution >= 4 is 17.7 Å². The first-order valence-electron chi connectivity index (χ1n) is 7.14. The zero-order chi connectivity index (χ0) is 16.7. The molecule has 8 heteroatoms. The van der Waals surface area contributed by atoms with Gasteiger partial charge in [-0.05, 0) is 24.6 Å². The lowest BCUT2D eigenvalue weighted by atomic mass is 10.2. The maximum Gasteiger partial charge on any atom is 0.233 e. The molecule has 0 saturated carbocycles. The number of methoxy groups -OCH3 is 2. The van der Waals surface area contributed by atoms with Crippen LogP contribution in [0.15, 0.2) is 29.7 Å². The number of hydrogen-bond donors (Lipinski definition) is 1. The molecule has 124 valence electrons. The molecular weight excluding hydrogens is 316 g/mol. The molecule has 0 saturated heterocycles. The molecule has 0 bridgehead atoms. The number of nitrogens with zero attached hydrogens (tertiary/aromatic N) is 3. The summed E-state index contributed by atoms with van der Waals surface area (Å²) in [6, 6.07) is 5.66. The number of carbonyl (C=O) groups is 1. The lowest BCUT2D eigenvalue weighted by Crippen LogP contribution is -2.31. The van der Waals surface area contributed by atoms with Gasteiger partial charge in [-0.3, -0.25) is 9.89 Å². The Hall–Kier alpha value is -2.22. The first kappa shape index (κ1) is 17.1. The number of amides is 1. The zero-order valence-corrected chi connectivity index (χ0v) is 14.2. The van der Waals surface area contributed by atoms with E-state index in [0.29, 0.717) is 35.5 Å². The number of aromatic amines is 1. The summed E-state index contributed by atoms with van der Waals surface area (Å²) in [6.07, 6.45) is 1.42. The molecule has 0 radical (unpaired) electrons. The molecule has 2 rings (SSSR count). The van der Waals surface area contributed by atoms with Crippen molar-refractivity contribution in [1.82, 2.24) is 20.1 Å². The van der Waals surface area contributed by atoms with Crippen molar-refractivity contribution < 1.29 is 14.3 Å². The summed E-state index contributed by atoms with van der Waals surface area (Å²) in [5.74, 6) is 1.69. The second-order valence-corrected chi connectivity index (χ2v) is 5.64. The minimum atomic E-state index is 0.0451. The maximum absolute atomic E-state index is 12.3. The minimum Gasteiger partial charge on any atom is -0.493 e. The van der Waals surface area contributed by atoms with E-state index in [1.807, 2.05) is 25.1 Å². The average molecular weight is 336 g/mol. The third-order valence-corrected chi connectivity index (χ3v) is 4.14. The molecule has 1 amide bonds. The number of rotatable bonds is 8. The molecule has 0 atom stereocenters. The highest BCUT2D eigenvalue weighted by Gasteiger charge is 2.14. The van der Waals surface area contributed by atoms with E-state index in [9.17, 15) is 4.79 Å². The lowest BCUT2D eigenvalue weighted by Gasteiger charge is -2.21. The lowest BCUT2D eigenvalue weighted by molar-refractivity contribution is -0.128. The van der Waals surface area contributed by atoms with Gasteiger partial charge in [0.1, 0.15) is 6.33 Å². The monoisotopic (exact) mass is 336 g/mol. The van der Waals surface area contributed by atoms with Crippen LogP contribution in [-0.4, -0.2) is 52.5 Å². The summed E-state index contributed by atoms with van der Waals surface area (Å²) >= 11 is 1.34. The Morgan fingerprint density at radius 2 is 2.09 bits per heavy atom. The Morgan fingerprint density at radius 1 is 1.30 bits per heavy atom. The SMILES string of the molecule is CCN(Cc1ccc(OC)c(OC)c1)C(=O)CSc1ncn[nH]1. The summed E-state index contributed by atoms with van der Waals surface area (Å²) < 4.78 is 10.5. The molecule has 2 aromatic rings. The van der Waals surface area contributed by atoms with Crippen LogP contribution in [0.4, 0.5) is 0 Å². The van der Waals surface area contributed by atoms with Crippen LogP contribution in [0.2, 0.25) is 0 Å². The van der Waals surface area contributed by atoms with Crippen molar-refractivity contribution in [3.05, 3.63) is 30.1 Å². The summed E-state index contributed by atoms with van der Waals surface area (Å²) in [5, 5.41) is 7.13. The van der Waals surface area contributed by atoms with E-state index in [4.69, 9.17) is 9.47 Å². The topological polar surface area (TPSA) is 80.3 Å². The van der Waals surface area contributed by atoms with Crippen molar-refractivity contribution in [3.63, 3.8) is 0 Å². The first-order valence-corrected chi connectivity index (χ1v) is 8.13. The van der Waals surface area contributed by atoms with Gasteiger partial charge in [-0.25, -0.2) is 4.98 Å². The predicted octanol–water partition coefficient (Wildman–Crippen LogP) is 1.96. The highest BCUT2D eigenvalue weighted by Crippen LogP contribution is 2.28. The van der Waals surface area contributed by atoms with Gasteiger partial charge in [0.05, 0.1) is 20.0 Å². The van der Waals surface area contributed by atoms with E-state index >= 15 is 0 Å². The quantitative estimate of drug-likeness (QED) is 0.742. The minimum absolute atomic E-state index is 0.0451. The maximum atomic E-state index is 12.3. The molecule has 0 unspecified atom stereocenters. The third kappa shape index (κ3) is 4.62. The van der Waals surface area contributed by atoms with Gasteiger partial charge in [-0.1, -0.05) is 17.8 Å². The Labute approximate surface area is 139 Å². The largest absolute Gasteiger partial charge is 0.493 e. The Balaban J connectivity index is 1.99. The predicted molar refractivity (Wildman–Crippen MR) is 87.7 cm³/mol. The van der Waals surface area contributed by atoms with Crippen LogP contribution >= 0.6 is 11.8 Å². The Kier molecular flexibility index (Phi) is 6.28. The van der Waals surface area contributed by atoms with Crippen molar-refractivity contribution in [2.45, 2.75) is 18.6 Å². The van der Waals surface area contributed by atoms with Gasteiger partial charge < -0.3 is 14.4 Å². The average Bonchev–Trinajstić information content (AvgIpc) is 3.10. The number of thioether (sulfide) groups is 1. The van der Waals surface area contributed by atoms with Crippen molar-refractivity contribution in [1.29, 1.82) is 0 Å². The number of hydrogen-bond acceptors (Lipinski definition) is 6. The van der Waals surface area contributed by atoms with Crippen LogP contribution in [0.1, 0.15) is 12.5 Å². The molecule has 0 fully saturated rings. The fraction of sp³-hybridized carbons (Fsp3) is 0.400. The smallest absolute Gasteiger partial charge is 0.233 e. The van der Waals surface area contributed by atoms with Crippen LogP contribution < -0.4 is 9.47 Å². The van der Waals surface area contributed by atoms with Crippen molar-refractivity contribution in [3.8, 4) is 11.5 Å². The second-order valence-electron chi connectivity index (χ2n) is 4.68. The summed E-state index contributed by atoms with van der Waals surface area (Å²) in [5.41, 5.74) is 0.988. The summed E-state index contributed by atoms with van der Waals surface area (Å²) in [4.78, 5) is 18.1. The molecule has 1 heterocycles. The van der Waals surface area contributed by atoms with E-state index in [1.165, 1.54) is 18.1 Å². The number of carbonyl (C=O) groups excluding carboxylic acids is 1. The van der Waals surface area contributed by atoms with Gasteiger partial charge in [0.2, 0.25) is 5.91 Å². The normalized spacial score (nSPS) is 10.4. The van der Waals surface area contributed by atoms with Crippen LogP contribution in [0, 0.1) is 0 Å². The molecule has 1 aromatic carbocycles. The molecular formula is C15H20N4O3S. The number of ether oxygens (including phenoxy) is 2. The van der Waals surface area contributed by atoms with Gasteiger partial charge in [-0.15, -0.1) is 0 Å². The van der Waals surface area contributed by atoms with E-state index in [0.717, 1.165) is 5.56 Å². The van der Waals surface area contributed by atoms with Gasteiger partial charge in [-0.2, -0.15) is 5.10 Å². The van der Waals surface area contributed by atoms with Gasteiger partial charge in [0.15, 0.2) is 16.7 Å². The van der Waals surface area contributed by atoms with Crippen molar-refractivity contribution in [2.24, 2.45) is 0 Å². The molecule has 0 aliphatic rings. The second kappa shape index (κ2) is 8.42. The molecule has 0 aliphatic carbocycles. The van der Waals surface area contributed by atoms with Crippen molar-refractivity contribution in [2.75, 3.05) is 26.5 Å². The molecule has 1 N–H and O–H groups in total. The fourth-order valence-corrected chi connectivity index (χ4v) is 2.74. The van der Waals surface area contributed by atoms with Gasteiger partial charge in [0.25, 0.3) is 0 Å². The van der Waals surface area contributed by atoms with E-state index in [1.54, 1.807) is 19.1 Å². The molecule has 0 spiro atoms. The fourth-order valence-electron chi connectivity index (χ4n) is 2.06. The van der Waals surface area contributed by atoms with E-state index in [-0.39, 0.29) is 5.91 Å². The third-order valence-electron chi connectivity index (χ3n) is 3.28. The Morgan fingerprint density at radius 3 is 2.70 bits per heavy atom. The van der Waals surface area contributed by atoms with Gasteiger partial charge in [0, 0.05) is 13.1 Å². The van der Waals surface area contributed by atoms with Crippen LogP contribution in [0.25, 0.3) is 0 Å². The summed E-state index contributed by atoms with van der Waals surface area (Å²) in [6.45, 7) is 3.11. The number of benzene rings is 1. The Bertz CT molecular complexity index is 634. The number of aromatic nitrogens is 3. The molecule has 23 heavy (non-hydrogen) atoms. The van der Waals surface area contributed by atoms with Crippen LogP contribution in [-0.2, 0) is 11.3 Å². The van der Waals surface area contributed by atoms with E-state index < -0.39 is 0 Å². The number of H-pyrrole nitrogens is 1. The van der Waals surface area contributed by atoms with E-state index in [2.05, 4.69) is 15.2 Å². The van der Waals surface area contributed by atoms with Crippen LogP contribution in [0.3, 0.4) is 0 Å². The van der Waals surface area contributed by atoms with Crippen LogP contribution in [0.5, 0.6) is 11.5 Å². The zero-order valence-electron chi connectivity index (χ0n) is 13.4. The molecule has 1 aromatic heterocycles. The highest BCUT2D eigenvalue weighted by molar-refractivity contribution is 7.99. The number of nitrogens with one attached hydrogen (secondary N) is 1. The first-order chi connectivity index (χ1) is 11.2.